The average Bonchev–Trinajstić information content (AvgIpc) is 3.04. The Morgan fingerprint density at radius 1 is 1.42 bits per heavy atom. The van der Waals surface area contributed by atoms with Crippen LogP contribution in [0.3, 0.4) is 0 Å². The van der Waals surface area contributed by atoms with Crippen LogP contribution < -0.4 is 5.73 Å². The van der Waals surface area contributed by atoms with E-state index in [2.05, 4.69) is 34.5 Å². The first-order valence-corrected chi connectivity index (χ1v) is 8.39. The van der Waals surface area contributed by atoms with Gasteiger partial charge in [0, 0.05) is 18.5 Å². The second-order valence-corrected chi connectivity index (χ2v) is 7.16. The highest BCUT2D eigenvalue weighted by molar-refractivity contribution is 9.10. The molecule has 19 heavy (non-hydrogen) atoms. The third-order valence-electron chi connectivity index (χ3n) is 5.21. The molecule has 106 valence electrons. The second kappa shape index (κ2) is 4.88. The van der Waals surface area contributed by atoms with Gasteiger partial charge in [0.1, 0.15) is 0 Å². The van der Waals surface area contributed by atoms with Crippen LogP contribution in [0, 0.1) is 11.8 Å². The Labute approximate surface area is 124 Å². The molecule has 2 N–H and O–H groups in total. The van der Waals surface area contributed by atoms with Gasteiger partial charge in [-0.05, 0) is 60.4 Å². The van der Waals surface area contributed by atoms with Gasteiger partial charge in [-0.25, -0.2) is 0 Å². The number of nitrogens with two attached hydrogens (primary N) is 1. The van der Waals surface area contributed by atoms with Gasteiger partial charge >= 0.3 is 0 Å². The first kappa shape index (κ1) is 13.6. The Balaban J connectivity index is 1.89. The van der Waals surface area contributed by atoms with Crippen molar-refractivity contribution in [3.8, 4) is 0 Å². The molecule has 0 saturated heterocycles. The lowest BCUT2D eigenvalue weighted by Gasteiger charge is -2.34. The highest BCUT2D eigenvalue weighted by atomic mass is 79.9. The zero-order valence-electron chi connectivity index (χ0n) is 12.0. The highest BCUT2D eigenvalue weighted by Gasteiger charge is 2.49. The fourth-order valence-electron chi connectivity index (χ4n) is 4.20. The molecule has 2 aliphatic rings. The molecule has 4 heteroatoms. The molecule has 1 aromatic heterocycles. The van der Waals surface area contributed by atoms with Crippen molar-refractivity contribution >= 4 is 15.9 Å². The summed E-state index contributed by atoms with van der Waals surface area (Å²) in [7, 11) is 0. The van der Waals surface area contributed by atoms with E-state index in [-0.39, 0.29) is 5.54 Å². The smallest absolute Gasteiger partial charge is 0.0766 e. The van der Waals surface area contributed by atoms with Crippen LogP contribution >= 0.6 is 15.9 Å². The molecule has 2 fully saturated rings. The lowest BCUT2D eigenvalue weighted by molar-refractivity contribution is 0.263. The van der Waals surface area contributed by atoms with E-state index in [9.17, 15) is 0 Å². The predicted molar refractivity (Wildman–Crippen MR) is 81.0 cm³/mol. The van der Waals surface area contributed by atoms with Gasteiger partial charge in [-0.1, -0.05) is 13.3 Å². The molecule has 1 aromatic rings. The molecule has 2 saturated carbocycles. The van der Waals surface area contributed by atoms with E-state index in [1.54, 1.807) is 0 Å². The third kappa shape index (κ3) is 2.17. The average molecular weight is 326 g/mol. The number of hydrogen-bond acceptors (Lipinski definition) is 2. The SMILES string of the molecule is CCc1nn(CC)c(CC2(N)CC3CCC2C3)c1Br. The van der Waals surface area contributed by atoms with Gasteiger partial charge in [0.15, 0.2) is 0 Å². The van der Waals surface area contributed by atoms with Crippen molar-refractivity contribution in [2.45, 2.75) is 64.5 Å². The molecule has 3 nitrogen and oxygen atoms in total. The molecule has 3 rings (SSSR count). The van der Waals surface area contributed by atoms with E-state index in [1.807, 2.05) is 0 Å². The van der Waals surface area contributed by atoms with Crippen molar-refractivity contribution in [1.29, 1.82) is 0 Å². The monoisotopic (exact) mass is 325 g/mol. The normalized spacial score (nSPS) is 33.3. The number of nitrogens with zero attached hydrogens (tertiary/aromatic N) is 2. The van der Waals surface area contributed by atoms with Crippen LogP contribution in [-0.2, 0) is 19.4 Å². The summed E-state index contributed by atoms with van der Waals surface area (Å²) < 4.78 is 3.34. The minimum atomic E-state index is 0.0173. The number of hydrogen-bond donors (Lipinski definition) is 1. The minimum Gasteiger partial charge on any atom is -0.324 e. The zero-order chi connectivity index (χ0) is 13.6. The van der Waals surface area contributed by atoms with Crippen molar-refractivity contribution in [3.05, 3.63) is 15.9 Å². The summed E-state index contributed by atoms with van der Waals surface area (Å²) in [6, 6.07) is 0. The molecular weight excluding hydrogens is 302 g/mol. The van der Waals surface area contributed by atoms with Crippen LogP contribution in [0.4, 0.5) is 0 Å². The summed E-state index contributed by atoms with van der Waals surface area (Å²) in [4.78, 5) is 0. The van der Waals surface area contributed by atoms with Gasteiger partial charge in [-0.15, -0.1) is 0 Å². The second-order valence-electron chi connectivity index (χ2n) is 6.37. The molecule has 3 unspecified atom stereocenters. The Morgan fingerprint density at radius 2 is 2.21 bits per heavy atom. The standard InChI is InChI=1S/C15H24BrN3/c1-3-12-14(16)13(19(4-2)18-12)9-15(17)8-10-5-6-11(15)7-10/h10-11H,3-9,17H2,1-2H3. The highest BCUT2D eigenvalue weighted by Crippen LogP contribution is 2.51. The zero-order valence-corrected chi connectivity index (χ0v) is 13.5. The number of fused-ring (bicyclic) bond motifs is 2. The molecular formula is C15H24BrN3. The van der Waals surface area contributed by atoms with Crippen LogP contribution in [0.2, 0.25) is 0 Å². The van der Waals surface area contributed by atoms with Crippen LogP contribution in [0.1, 0.15) is 50.9 Å². The van der Waals surface area contributed by atoms with Gasteiger partial charge in [0.05, 0.1) is 15.9 Å². The summed E-state index contributed by atoms with van der Waals surface area (Å²) in [6.45, 7) is 5.25. The van der Waals surface area contributed by atoms with Crippen LogP contribution in [0.5, 0.6) is 0 Å². The first-order chi connectivity index (χ1) is 9.07. The quantitative estimate of drug-likeness (QED) is 0.923. The van der Waals surface area contributed by atoms with Crippen LogP contribution in [-0.4, -0.2) is 15.3 Å². The molecule has 1 heterocycles. The van der Waals surface area contributed by atoms with Crippen molar-refractivity contribution in [2.24, 2.45) is 17.6 Å². The van der Waals surface area contributed by atoms with Gasteiger partial charge < -0.3 is 5.73 Å². The first-order valence-electron chi connectivity index (χ1n) is 7.60. The molecule has 2 bridgehead atoms. The Bertz CT molecular complexity index is 482. The van der Waals surface area contributed by atoms with E-state index in [1.165, 1.54) is 41.5 Å². The van der Waals surface area contributed by atoms with E-state index in [0.717, 1.165) is 31.2 Å². The van der Waals surface area contributed by atoms with Crippen molar-refractivity contribution in [3.63, 3.8) is 0 Å². The van der Waals surface area contributed by atoms with E-state index < -0.39 is 0 Å². The largest absolute Gasteiger partial charge is 0.324 e. The van der Waals surface area contributed by atoms with Crippen molar-refractivity contribution in [2.75, 3.05) is 0 Å². The van der Waals surface area contributed by atoms with Gasteiger partial charge in [-0.2, -0.15) is 5.10 Å². The summed E-state index contributed by atoms with van der Waals surface area (Å²) in [5, 5.41) is 4.70. The number of halogens is 1. The number of aryl methyl sites for hydroxylation is 2. The fourth-order valence-corrected chi connectivity index (χ4v) is 4.91. The predicted octanol–water partition coefficient (Wildman–Crippen LogP) is 3.29. The van der Waals surface area contributed by atoms with Gasteiger partial charge in [-0.3, -0.25) is 4.68 Å². The topological polar surface area (TPSA) is 43.8 Å². The maximum Gasteiger partial charge on any atom is 0.0766 e. The molecule has 0 aromatic carbocycles. The lowest BCUT2D eigenvalue weighted by Crippen LogP contribution is -2.47. The summed E-state index contributed by atoms with van der Waals surface area (Å²) in [5.41, 5.74) is 9.26. The van der Waals surface area contributed by atoms with Crippen molar-refractivity contribution < 1.29 is 0 Å². The summed E-state index contributed by atoms with van der Waals surface area (Å²) in [6.07, 6.45) is 7.26. The van der Waals surface area contributed by atoms with E-state index in [4.69, 9.17) is 10.8 Å². The van der Waals surface area contributed by atoms with Gasteiger partial charge in [0.2, 0.25) is 0 Å². The maximum absolute atomic E-state index is 6.76. The Kier molecular flexibility index (Phi) is 3.50. The minimum absolute atomic E-state index is 0.0173. The lowest BCUT2D eigenvalue weighted by atomic mass is 9.78. The van der Waals surface area contributed by atoms with Crippen LogP contribution in [0.15, 0.2) is 4.47 Å². The molecule has 3 atom stereocenters. The van der Waals surface area contributed by atoms with Crippen molar-refractivity contribution in [1.82, 2.24) is 9.78 Å². The number of rotatable bonds is 4. The molecule has 0 amide bonds. The summed E-state index contributed by atoms with van der Waals surface area (Å²) in [5.74, 6) is 1.62. The number of aromatic nitrogens is 2. The third-order valence-corrected chi connectivity index (χ3v) is 6.13. The molecule has 0 spiro atoms. The molecule has 0 radical (unpaired) electrons. The Morgan fingerprint density at radius 3 is 2.74 bits per heavy atom. The fraction of sp³-hybridized carbons (Fsp3) is 0.800. The van der Waals surface area contributed by atoms with Gasteiger partial charge in [0.25, 0.3) is 0 Å². The van der Waals surface area contributed by atoms with E-state index >= 15 is 0 Å². The summed E-state index contributed by atoms with van der Waals surface area (Å²) >= 11 is 3.75. The molecule has 0 aliphatic heterocycles. The van der Waals surface area contributed by atoms with Crippen LogP contribution in [0.25, 0.3) is 0 Å². The van der Waals surface area contributed by atoms with E-state index in [0.29, 0.717) is 0 Å². The maximum atomic E-state index is 6.76. The Hall–Kier alpha value is -0.350. The molecule has 2 aliphatic carbocycles.